The Kier molecular flexibility index (Phi) is 6.58. The molecule has 4 aromatic rings. The molecule has 0 heterocycles. The van der Waals surface area contributed by atoms with Crippen molar-refractivity contribution in [3.05, 3.63) is 48.5 Å². The number of alkyl halides is 14. The number of rotatable bonds is 6. The van der Waals surface area contributed by atoms with Crippen LogP contribution in [0.3, 0.4) is 0 Å². The van der Waals surface area contributed by atoms with Crippen LogP contribution in [-0.4, -0.2) is 51.5 Å². The van der Waals surface area contributed by atoms with Crippen molar-refractivity contribution in [2.24, 2.45) is 0 Å². The normalized spacial score (nSPS) is 15.3. The van der Waals surface area contributed by atoms with Gasteiger partial charge in [0.1, 0.15) is 0 Å². The number of sulfone groups is 2. The summed E-state index contributed by atoms with van der Waals surface area (Å²) >= 11 is 0. The van der Waals surface area contributed by atoms with Gasteiger partial charge in [-0.15, -0.1) is 0 Å². The maximum Gasteiger partial charge on any atom is 0.461 e. The average Bonchev–Trinajstić information content (AvgIpc) is 2.84. The second-order valence-corrected chi connectivity index (χ2v) is 12.8. The first kappa shape index (κ1) is 31.8. The van der Waals surface area contributed by atoms with Crippen molar-refractivity contribution in [3.63, 3.8) is 0 Å². The third-order valence-corrected chi connectivity index (χ3v) is 9.79. The summed E-state index contributed by atoms with van der Waals surface area (Å²) in [6, 6.07) is 4.06. The molecule has 0 N–H and O–H groups in total. The molecule has 0 fully saturated rings. The highest BCUT2D eigenvalue weighted by atomic mass is 32.2. The molecule has 0 spiro atoms. The van der Waals surface area contributed by atoms with Crippen LogP contribution in [0.2, 0.25) is 0 Å². The maximum absolute atomic E-state index is 14.2. The van der Waals surface area contributed by atoms with E-state index in [1.54, 1.807) is 0 Å². The molecule has 0 aliphatic heterocycles. The second-order valence-electron chi connectivity index (χ2n) is 8.80. The number of hydrogen-bond acceptors (Lipinski definition) is 4. The summed E-state index contributed by atoms with van der Waals surface area (Å²) < 4.78 is 235. The summed E-state index contributed by atoms with van der Waals surface area (Å²) in [4.78, 5) is -3.42. The summed E-state index contributed by atoms with van der Waals surface area (Å²) in [5, 5.41) is -15.6. The van der Waals surface area contributed by atoms with E-state index in [0.29, 0.717) is 0 Å². The lowest BCUT2D eigenvalue weighted by Gasteiger charge is -2.28. The molecule has 0 aliphatic carbocycles. The summed E-state index contributed by atoms with van der Waals surface area (Å²) in [7, 11) is -13.5. The van der Waals surface area contributed by atoms with Gasteiger partial charge in [0.15, 0.2) is 0 Å². The minimum Gasteiger partial charge on any atom is -0.217 e. The molecule has 0 unspecified atom stereocenters. The molecule has 4 rings (SSSR count). The molecule has 0 saturated carbocycles. The summed E-state index contributed by atoms with van der Waals surface area (Å²) in [6.45, 7) is 0. The minimum atomic E-state index is -7.04. The van der Waals surface area contributed by atoms with Crippen LogP contribution in [0.1, 0.15) is 0 Å². The molecule has 4 nitrogen and oxygen atoms in total. The number of hydrogen-bond donors (Lipinski definition) is 0. The third kappa shape index (κ3) is 3.99. The first-order chi connectivity index (χ1) is 18.6. The summed E-state index contributed by atoms with van der Waals surface area (Å²) in [6.07, 6.45) is -14.0. The van der Waals surface area contributed by atoms with E-state index in [-0.39, 0.29) is 35.0 Å². The van der Waals surface area contributed by atoms with Gasteiger partial charge < -0.3 is 0 Å². The fraction of sp³-hybridized carbons (Fsp3) is 0.273. The van der Waals surface area contributed by atoms with Gasteiger partial charge in [-0.2, -0.15) is 61.5 Å². The van der Waals surface area contributed by atoms with Gasteiger partial charge in [-0.1, -0.05) is 24.3 Å². The van der Waals surface area contributed by atoms with Gasteiger partial charge >= 0.3 is 34.7 Å². The Labute approximate surface area is 223 Å². The molecule has 20 heteroatoms. The van der Waals surface area contributed by atoms with E-state index < -0.39 is 85.7 Å². The molecule has 0 radical (unpaired) electrons. The predicted octanol–water partition coefficient (Wildman–Crippen LogP) is 7.71. The zero-order valence-electron chi connectivity index (χ0n) is 19.4. The monoisotopic (exact) mass is 666 g/mol. The van der Waals surface area contributed by atoms with Crippen LogP contribution < -0.4 is 0 Å². The van der Waals surface area contributed by atoms with Gasteiger partial charge in [0.2, 0.25) is 19.7 Å². The van der Waals surface area contributed by atoms with Gasteiger partial charge in [-0.3, -0.25) is 0 Å². The van der Waals surface area contributed by atoms with Crippen LogP contribution in [0.4, 0.5) is 61.5 Å². The molecule has 0 atom stereocenters. The van der Waals surface area contributed by atoms with Crippen molar-refractivity contribution in [2.45, 2.75) is 44.5 Å². The lowest BCUT2D eigenvalue weighted by molar-refractivity contribution is -0.332. The molecule has 0 bridgehead atoms. The van der Waals surface area contributed by atoms with Crippen LogP contribution >= 0.6 is 0 Å². The van der Waals surface area contributed by atoms with E-state index in [9.17, 15) is 78.3 Å². The first-order valence-corrected chi connectivity index (χ1v) is 13.5. The van der Waals surface area contributed by atoms with Gasteiger partial charge in [-0.25, -0.2) is 16.8 Å². The van der Waals surface area contributed by atoms with Gasteiger partial charge in [-0.05, 0) is 56.6 Å². The molecule has 0 aliphatic rings. The van der Waals surface area contributed by atoms with Gasteiger partial charge in [0.05, 0.1) is 9.79 Å². The van der Waals surface area contributed by atoms with E-state index in [1.165, 1.54) is 0 Å². The third-order valence-electron chi connectivity index (χ3n) is 6.22. The van der Waals surface area contributed by atoms with Crippen molar-refractivity contribution in [2.75, 3.05) is 0 Å². The number of halogens is 14. The Morgan fingerprint density at radius 2 is 0.619 bits per heavy atom. The van der Waals surface area contributed by atoms with Crippen molar-refractivity contribution < 1.29 is 78.3 Å². The molecule has 230 valence electrons. The van der Waals surface area contributed by atoms with E-state index in [2.05, 4.69) is 0 Å². The molecule has 0 amide bonds. The molecule has 0 saturated heterocycles. The summed E-state index contributed by atoms with van der Waals surface area (Å²) in [5.41, 5.74) is 0. The molecule has 4 aromatic carbocycles. The van der Waals surface area contributed by atoms with E-state index in [4.69, 9.17) is 0 Å². The maximum atomic E-state index is 14.2. The van der Waals surface area contributed by atoms with Crippen molar-refractivity contribution in [3.8, 4) is 0 Å². The molecular formula is C22H8F14O4S2. The van der Waals surface area contributed by atoms with Crippen molar-refractivity contribution in [1.29, 1.82) is 0 Å². The van der Waals surface area contributed by atoms with Crippen LogP contribution in [0.25, 0.3) is 32.3 Å². The van der Waals surface area contributed by atoms with Crippen LogP contribution in [0.5, 0.6) is 0 Å². The Morgan fingerprint density at radius 3 is 0.810 bits per heavy atom. The average molecular weight is 666 g/mol. The lowest BCUT2D eigenvalue weighted by Crippen LogP contribution is -2.55. The van der Waals surface area contributed by atoms with Crippen molar-refractivity contribution in [1.82, 2.24) is 0 Å². The minimum absolute atomic E-state index is 0.217. The predicted molar refractivity (Wildman–Crippen MR) is 116 cm³/mol. The summed E-state index contributed by atoms with van der Waals surface area (Å²) in [5.74, 6) is -14.1. The Balaban J connectivity index is 1.95. The highest BCUT2D eigenvalue weighted by Gasteiger charge is 2.79. The van der Waals surface area contributed by atoms with Crippen LogP contribution in [0.15, 0.2) is 58.3 Å². The Hall–Kier alpha value is -3.16. The Bertz CT molecular complexity index is 1740. The fourth-order valence-corrected chi connectivity index (χ4v) is 6.68. The zero-order chi connectivity index (χ0) is 32.3. The largest absolute Gasteiger partial charge is 0.461 e. The zero-order valence-corrected chi connectivity index (χ0v) is 21.0. The van der Waals surface area contributed by atoms with E-state index in [0.717, 1.165) is 24.3 Å². The smallest absolute Gasteiger partial charge is 0.217 e. The molecule has 0 aromatic heterocycles. The number of benzene rings is 4. The fourth-order valence-electron chi connectivity index (χ4n) is 4.05. The van der Waals surface area contributed by atoms with Gasteiger partial charge in [0, 0.05) is 0 Å². The van der Waals surface area contributed by atoms with Crippen LogP contribution in [-0.2, 0) is 19.7 Å². The lowest BCUT2D eigenvalue weighted by atomic mass is 9.94. The molecule has 42 heavy (non-hydrogen) atoms. The standard InChI is InChI=1S/C22H8F14O4S2/c23-17(24,19(27,28)29)21(33,34)41(37,38)13-5-9-1-2-10-6-14(8-12-4-3-11(7-13)15(9)16(10)12)42(39,40)22(35,36)18(25,26)20(30,31)32/h1-8H. The first-order valence-electron chi connectivity index (χ1n) is 10.5. The van der Waals surface area contributed by atoms with Gasteiger partial charge in [0.25, 0.3) is 0 Å². The second kappa shape index (κ2) is 8.70. The Morgan fingerprint density at radius 1 is 0.405 bits per heavy atom. The van der Waals surface area contributed by atoms with Crippen molar-refractivity contribution >= 4 is 52.0 Å². The highest BCUT2D eigenvalue weighted by Crippen LogP contribution is 2.53. The quantitative estimate of drug-likeness (QED) is 0.156. The van der Waals surface area contributed by atoms with Crippen LogP contribution in [0, 0.1) is 0 Å². The topological polar surface area (TPSA) is 68.3 Å². The SMILES string of the molecule is O=S(=O)(c1cc2ccc3cc(S(=O)(=O)C(F)(F)C(F)(F)C(F)(F)F)cc4ccc(c1)c2c34)C(F)(F)C(F)(F)C(F)(F)F. The van der Waals surface area contributed by atoms with E-state index in [1.807, 2.05) is 0 Å². The molecular weight excluding hydrogens is 658 g/mol. The highest BCUT2D eigenvalue weighted by molar-refractivity contribution is 7.93. The van der Waals surface area contributed by atoms with E-state index >= 15 is 0 Å².